The first-order valence-electron chi connectivity index (χ1n) is 10.3. The molecule has 1 saturated heterocycles. The molecule has 1 fully saturated rings. The molecule has 0 spiro atoms. The van der Waals surface area contributed by atoms with Crippen LogP contribution >= 0.6 is 0 Å². The molecular weight excluding hydrogens is 350 g/mol. The molecule has 2 atom stereocenters. The van der Waals surface area contributed by atoms with Gasteiger partial charge >= 0.3 is 0 Å². The maximum Gasteiger partial charge on any atom is 0.257 e. The van der Waals surface area contributed by atoms with Crippen molar-refractivity contribution in [3.05, 3.63) is 59.7 Å². The summed E-state index contributed by atoms with van der Waals surface area (Å²) in [6.45, 7) is 7.70. The van der Waals surface area contributed by atoms with Crippen LogP contribution in [0.15, 0.2) is 48.5 Å². The van der Waals surface area contributed by atoms with Gasteiger partial charge < -0.3 is 19.9 Å². The van der Waals surface area contributed by atoms with Gasteiger partial charge in [0.25, 0.3) is 5.91 Å². The molecule has 4 rings (SSSR count). The fourth-order valence-corrected chi connectivity index (χ4v) is 4.21. The average molecular weight is 380 g/mol. The van der Waals surface area contributed by atoms with Gasteiger partial charge in [-0.15, -0.1) is 0 Å². The number of anilines is 2. The lowest BCUT2D eigenvalue weighted by Gasteiger charge is -2.39. The summed E-state index contributed by atoms with van der Waals surface area (Å²) in [6, 6.07) is 16.3. The Bertz CT molecular complexity index is 811. The van der Waals surface area contributed by atoms with Crippen LogP contribution in [-0.4, -0.2) is 43.2 Å². The van der Waals surface area contributed by atoms with Crippen molar-refractivity contribution in [2.45, 2.75) is 39.0 Å². The monoisotopic (exact) mass is 379 g/mol. The Morgan fingerprint density at radius 3 is 2.54 bits per heavy atom. The van der Waals surface area contributed by atoms with Gasteiger partial charge in [0, 0.05) is 37.6 Å². The largest absolute Gasteiger partial charge is 0.376 e. The molecule has 2 aliphatic heterocycles. The molecule has 0 bridgehead atoms. The van der Waals surface area contributed by atoms with Gasteiger partial charge in [0.2, 0.25) is 0 Å². The predicted molar refractivity (Wildman–Crippen MR) is 113 cm³/mol. The number of carbonyl (C=O) groups is 1. The third-order valence-corrected chi connectivity index (χ3v) is 5.78. The number of carbonyl (C=O) groups excluding carboxylic acids is 1. The Balaban J connectivity index is 1.65. The highest BCUT2D eigenvalue weighted by atomic mass is 16.5. The van der Waals surface area contributed by atoms with Gasteiger partial charge in [-0.25, -0.2) is 0 Å². The van der Waals surface area contributed by atoms with Gasteiger partial charge in [-0.3, -0.25) is 4.79 Å². The summed E-state index contributed by atoms with van der Waals surface area (Å²) in [7, 11) is 0. The van der Waals surface area contributed by atoms with Crippen LogP contribution in [0.1, 0.15) is 48.8 Å². The highest BCUT2D eigenvalue weighted by molar-refractivity contribution is 6.01. The second-order valence-electron chi connectivity index (χ2n) is 7.45. The van der Waals surface area contributed by atoms with Crippen molar-refractivity contribution in [3.63, 3.8) is 0 Å². The van der Waals surface area contributed by atoms with Gasteiger partial charge in [-0.1, -0.05) is 24.3 Å². The van der Waals surface area contributed by atoms with Crippen molar-refractivity contribution in [2.75, 3.05) is 36.5 Å². The molecule has 0 aromatic heterocycles. The van der Waals surface area contributed by atoms with E-state index in [0.29, 0.717) is 6.54 Å². The highest BCUT2D eigenvalue weighted by Gasteiger charge is 2.35. The van der Waals surface area contributed by atoms with Crippen molar-refractivity contribution < 1.29 is 9.53 Å². The lowest BCUT2D eigenvalue weighted by atomic mass is 10.0. The van der Waals surface area contributed by atoms with Crippen molar-refractivity contribution in [1.82, 2.24) is 4.90 Å². The van der Waals surface area contributed by atoms with E-state index in [1.807, 2.05) is 29.2 Å². The van der Waals surface area contributed by atoms with E-state index in [-0.39, 0.29) is 18.2 Å². The number of nitrogens with one attached hydrogen (secondary N) is 1. The molecule has 0 saturated carbocycles. The second-order valence-corrected chi connectivity index (χ2v) is 7.45. The summed E-state index contributed by atoms with van der Waals surface area (Å²) in [6.07, 6.45) is 2.02. The van der Waals surface area contributed by atoms with Gasteiger partial charge in [0.15, 0.2) is 0 Å². The van der Waals surface area contributed by atoms with Crippen LogP contribution in [0.25, 0.3) is 0 Å². The van der Waals surface area contributed by atoms with Crippen molar-refractivity contribution >= 4 is 17.3 Å². The maximum atomic E-state index is 13.3. The van der Waals surface area contributed by atoms with Gasteiger partial charge in [-0.2, -0.15) is 0 Å². The van der Waals surface area contributed by atoms with E-state index in [1.165, 1.54) is 5.69 Å². The minimum atomic E-state index is -0.183. The first-order valence-corrected chi connectivity index (χ1v) is 10.3. The van der Waals surface area contributed by atoms with Crippen LogP contribution in [0.2, 0.25) is 0 Å². The highest BCUT2D eigenvalue weighted by Crippen LogP contribution is 2.34. The van der Waals surface area contributed by atoms with E-state index >= 15 is 0 Å². The first kappa shape index (κ1) is 18.8. The summed E-state index contributed by atoms with van der Waals surface area (Å²) in [5.74, 6) is 0.0719. The fraction of sp³-hybridized carbons (Fsp3) is 0.435. The third-order valence-electron chi connectivity index (χ3n) is 5.78. The number of nitrogens with zero attached hydrogens (tertiary/aromatic N) is 2. The first-order chi connectivity index (χ1) is 13.7. The molecule has 0 aliphatic carbocycles. The topological polar surface area (TPSA) is 44.8 Å². The van der Waals surface area contributed by atoms with Crippen LogP contribution in [0, 0.1) is 0 Å². The van der Waals surface area contributed by atoms with Gasteiger partial charge in [0.1, 0.15) is 6.17 Å². The number of ether oxygens (including phenoxy) is 1. The molecule has 5 nitrogen and oxygen atoms in total. The quantitative estimate of drug-likeness (QED) is 0.814. The second kappa shape index (κ2) is 8.23. The Labute approximate surface area is 167 Å². The molecule has 1 N–H and O–H groups in total. The van der Waals surface area contributed by atoms with Crippen LogP contribution in [0.5, 0.6) is 0 Å². The number of rotatable bonds is 6. The minimum absolute atomic E-state index is 0.0719. The zero-order valence-corrected chi connectivity index (χ0v) is 16.7. The van der Waals surface area contributed by atoms with E-state index in [9.17, 15) is 4.79 Å². The SMILES string of the molecule is CCN(CC)c1ccc([C@H]2Nc3ccccc3C(=O)N2C[C@H]2CCCO2)cc1. The summed E-state index contributed by atoms with van der Waals surface area (Å²) < 4.78 is 5.83. The van der Waals surface area contributed by atoms with Crippen molar-refractivity contribution in [3.8, 4) is 0 Å². The molecular formula is C23H29N3O2. The lowest BCUT2D eigenvalue weighted by Crippen LogP contribution is -2.46. The average Bonchev–Trinajstić information content (AvgIpc) is 3.25. The molecule has 2 aromatic carbocycles. The predicted octanol–water partition coefficient (Wildman–Crippen LogP) is 4.28. The molecule has 5 heteroatoms. The van der Waals surface area contributed by atoms with Crippen molar-refractivity contribution in [1.29, 1.82) is 0 Å². The summed E-state index contributed by atoms with van der Waals surface area (Å²) >= 11 is 0. The summed E-state index contributed by atoms with van der Waals surface area (Å²) in [4.78, 5) is 17.5. The van der Waals surface area contributed by atoms with Crippen molar-refractivity contribution in [2.24, 2.45) is 0 Å². The Kier molecular flexibility index (Phi) is 5.53. The van der Waals surface area contributed by atoms with E-state index < -0.39 is 0 Å². The number of hydrogen-bond acceptors (Lipinski definition) is 4. The van der Waals surface area contributed by atoms with Crippen LogP contribution < -0.4 is 10.2 Å². The molecule has 0 unspecified atom stereocenters. The minimum Gasteiger partial charge on any atom is -0.376 e. The third kappa shape index (κ3) is 3.59. The maximum absolute atomic E-state index is 13.3. The number of hydrogen-bond donors (Lipinski definition) is 1. The number of para-hydroxylation sites is 1. The number of fused-ring (bicyclic) bond motifs is 1. The fourth-order valence-electron chi connectivity index (χ4n) is 4.21. The van der Waals surface area contributed by atoms with E-state index in [1.54, 1.807) is 0 Å². The smallest absolute Gasteiger partial charge is 0.257 e. The molecule has 148 valence electrons. The molecule has 2 aliphatic rings. The van der Waals surface area contributed by atoms with E-state index in [2.05, 4.69) is 48.3 Å². The Morgan fingerprint density at radius 1 is 1.11 bits per heavy atom. The molecule has 2 heterocycles. The van der Waals surface area contributed by atoms with Gasteiger partial charge in [0.05, 0.1) is 11.7 Å². The molecule has 2 aromatic rings. The van der Waals surface area contributed by atoms with E-state index in [0.717, 1.165) is 49.4 Å². The zero-order chi connectivity index (χ0) is 19.5. The Hall–Kier alpha value is -2.53. The van der Waals surface area contributed by atoms with Gasteiger partial charge in [-0.05, 0) is 56.5 Å². The lowest BCUT2D eigenvalue weighted by molar-refractivity contribution is 0.0427. The molecule has 0 radical (unpaired) electrons. The zero-order valence-electron chi connectivity index (χ0n) is 16.7. The standard InChI is InChI=1S/C23H29N3O2/c1-3-25(4-2)18-13-11-17(12-14-18)22-24-21-10-6-5-9-20(21)23(27)26(22)16-19-8-7-15-28-19/h5-6,9-14,19,22,24H,3-4,7-8,15-16H2,1-2H3/t19-,22+/m1/s1. The van der Waals surface area contributed by atoms with Crippen LogP contribution in [0.3, 0.4) is 0 Å². The summed E-state index contributed by atoms with van der Waals surface area (Å²) in [5, 5.41) is 3.58. The molecule has 28 heavy (non-hydrogen) atoms. The number of benzene rings is 2. The normalized spacial score (nSPS) is 21.4. The van der Waals surface area contributed by atoms with Crippen LogP contribution in [-0.2, 0) is 4.74 Å². The molecule has 1 amide bonds. The Morgan fingerprint density at radius 2 is 1.86 bits per heavy atom. The number of amides is 1. The van der Waals surface area contributed by atoms with E-state index in [4.69, 9.17) is 4.74 Å². The van der Waals surface area contributed by atoms with Crippen LogP contribution in [0.4, 0.5) is 11.4 Å². The summed E-state index contributed by atoms with van der Waals surface area (Å²) in [5.41, 5.74) is 3.93.